The molecule has 0 fully saturated rings. The third kappa shape index (κ3) is 7.63. The number of ether oxygens (including phenoxy) is 1. The second kappa shape index (κ2) is 7.21. The summed E-state index contributed by atoms with van der Waals surface area (Å²) in [6.45, 7) is 15.9. The van der Waals surface area contributed by atoms with E-state index in [1.165, 1.54) is 0 Å². The van der Waals surface area contributed by atoms with Crippen molar-refractivity contribution < 1.29 is 14.3 Å². The molecule has 0 unspecified atom stereocenters. The van der Waals surface area contributed by atoms with Gasteiger partial charge in [0, 0.05) is 17.9 Å². The topological polar surface area (TPSA) is 55.4 Å². The van der Waals surface area contributed by atoms with Crippen LogP contribution in [-0.4, -0.2) is 30.4 Å². The molecule has 0 aromatic rings. The van der Waals surface area contributed by atoms with Crippen LogP contribution in [0.4, 0.5) is 0 Å². The third-order valence-corrected chi connectivity index (χ3v) is 3.04. The summed E-state index contributed by atoms with van der Waals surface area (Å²) in [5.74, 6) is 0.0518. The molecule has 0 heterocycles. The summed E-state index contributed by atoms with van der Waals surface area (Å²) in [5.41, 5.74) is -0.725. The minimum atomic E-state index is -0.387. The van der Waals surface area contributed by atoms with Crippen LogP contribution in [0.5, 0.6) is 0 Å². The molecule has 0 aliphatic heterocycles. The fourth-order valence-corrected chi connectivity index (χ4v) is 1.74. The van der Waals surface area contributed by atoms with E-state index in [1.54, 1.807) is 0 Å². The molecule has 0 bridgehead atoms. The lowest BCUT2D eigenvalue weighted by atomic mass is 9.78. The zero-order valence-electron chi connectivity index (χ0n) is 14.3. The summed E-state index contributed by atoms with van der Waals surface area (Å²) in [7, 11) is 0. The molecule has 1 N–H and O–H groups in total. The van der Waals surface area contributed by atoms with Crippen LogP contribution in [0.3, 0.4) is 0 Å². The van der Waals surface area contributed by atoms with Gasteiger partial charge in [-0.25, -0.2) is 0 Å². The van der Waals surface area contributed by atoms with Gasteiger partial charge in [-0.15, -0.1) is 0 Å². The molecule has 0 saturated heterocycles. The molecule has 0 aliphatic carbocycles. The standard InChI is InChI=1S/C16H31NO3/c1-11(2)12(14(19)15(3,4)5)9-17-13(18)10-20-16(6,7)8/h11-12H,9-10H2,1-8H3,(H,17,18)/t12-/m1/s1. The number of hydrogen-bond donors (Lipinski definition) is 1. The zero-order chi connectivity index (χ0) is 16.1. The first-order valence-electron chi connectivity index (χ1n) is 7.29. The van der Waals surface area contributed by atoms with Gasteiger partial charge in [0.1, 0.15) is 12.4 Å². The van der Waals surface area contributed by atoms with Crippen molar-refractivity contribution in [3.63, 3.8) is 0 Å². The van der Waals surface area contributed by atoms with Gasteiger partial charge in [0.2, 0.25) is 5.91 Å². The predicted octanol–water partition coefficient (Wildman–Crippen LogP) is 2.81. The van der Waals surface area contributed by atoms with Gasteiger partial charge in [0.25, 0.3) is 0 Å². The molecule has 1 atom stereocenters. The van der Waals surface area contributed by atoms with Gasteiger partial charge >= 0.3 is 0 Å². The molecule has 0 saturated carbocycles. The van der Waals surface area contributed by atoms with Crippen LogP contribution in [0, 0.1) is 17.3 Å². The number of Topliss-reactive ketones (excluding diaryl/α,β-unsaturated/α-hetero) is 1. The van der Waals surface area contributed by atoms with Crippen LogP contribution >= 0.6 is 0 Å². The normalized spacial score (nSPS) is 14.2. The molecule has 0 spiro atoms. The number of rotatable bonds is 6. The van der Waals surface area contributed by atoms with Gasteiger partial charge < -0.3 is 10.1 Å². The number of carbonyl (C=O) groups is 2. The summed E-state index contributed by atoms with van der Waals surface area (Å²) in [5, 5.41) is 2.80. The first-order chi connectivity index (χ1) is 8.84. The lowest BCUT2D eigenvalue weighted by Crippen LogP contribution is -2.41. The van der Waals surface area contributed by atoms with Crippen LogP contribution in [0.15, 0.2) is 0 Å². The van der Waals surface area contributed by atoms with Gasteiger partial charge in [0.05, 0.1) is 5.60 Å². The average Bonchev–Trinajstić information content (AvgIpc) is 2.23. The van der Waals surface area contributed by atoms with Gasteiger partial charge in [-0.3, -0.25) is 9.59 Å². The summed E-state index contributed by atoms with van der Waals surface area (Å²) in [6.07, 6.45) is 0. The van der Waals surface area contributed by atoms with Gasteiger partial charge in [-0.05, 0) is 26.7 Å². The quantitative estimate of drug-likeness (QED) is 0.816. The molecule has 0 aliphatic rings. The molecule has 1 amide bonds. The van der Waals surface area contributed by atoms with Crippen molar-refractivity contribution in [2.45, 2.75) is 61.0 Å². The van der Waals surface area contributed by atoms with Crippen molar-refractivity contribution in [1.29, 1.82) is 0 Å². The zero-order valence-corrected chi connectivity index (χ0v) is 14.3. The fraction of sp³-hybridized carbons (Fsp3) is 0.875. The van der Waals surface area contributed by atoms with Crippen molar-refractivity contribution >= 4 is 11.7 Å². The lowest BCUT2D eigenvalue weighted by Gasteiger charge is -2.27. The number of hydrogen-bond acceptors (Lipinski definition) is 3. The molecule has 0 radical (unpaired) electrons. The summed E-state index contributed by atoms with van der Waals surface area (Å²) in [4.78, 5) is 24.1. The van der Waals surface area contributed by atoms with Crippen LogP contribution in [-0.2, 0) is 14.3 Å². The highest BCUT2D eigenvalue weighted by molar-refractivity contribution is 5.87. The van der Waals surface area contributed by atoms with E-state index in [4.69, 9.17) is 4.74 Å². The number of carbonyl (C=O) groups excluding carboxylic acids is 2. The van der Waals surface area contributed by atoms with Crippen LogP contribution in [0.2, 0.25) is 0 Å². The molecule has 0 aromatic heterocycles. The van der Waals surface area contributed by atoms with Gasteiger partial charge in [-0.1, -0.05) is 34.6 Å². The van der Waals surface area contributed by atoms with Crippen molar-refractivity contribution in [2.24, 2.45) is 17.3 Å². The Morgan fingerprint density at radius 3 is 1.90 bits per heavy atom. The Morgan fingerprint density at radius 2 is 1.55 bits per heavy atom. The largest absolute Gasteiger partial charge is 0.366 e. The third-order valence-electron chi connectivity index (χ3n) is 3.04. The Morgan fingerprint density at radius 1 is 1.05 bits per heavy atom. The van der Waals surface area contributed by atoms with E-state index >= 15 is 0 Å². The number of nitrogens with one attached hydrogen (secondary N) is 1. The second-order valence-corrected chi connectivity index (χ2v) is 7.67. The number of amides is 1. The minimum absolute atomic E-state index is 0.0258. The average molecular weight is 285 g/mol. The molecule has 0 aromatic carbocycles. The van der Waals surface area contributed by atoms with Crippen molar-refractivity contribution in [3.8, 4) is 0 Å². The Kier molecular flexibility index (Phi) is 6.88. The lowest BCUT2D eigenvalue weighted by molar-refractivity contribution is -0.133. The Hall–Kier alpha value is -0.900. The van der Waals surface area contributed by atoms with Crippen molar-refractivity contribution in [3.05, 3.63) is 0 Å². The molecule has 20 heavy (non-hydrogen) atoms. The number of ketones is 1. The second-order valence-electron chi connectivity index (χ2n) is 7.67. The van der Waals surface area contributed by atoms with E-state index in [9.17, 15) is 9.59 Å². The fourth-order valence-electron chi connectivity index (χ4n) is 1.74. The van der Waals surface area contributed by atoms with E-state index in [0.29, 0.717) is 6.54 Å². The highest BCUT2D eigenvalue weighted by atomic mass is 16.5. The summed E-state index contributed by atoms with van der Waals surface area (Å²) < 4.78 is 5.41. The highest BCUT2D eigenvalue weighted by Crippen LogP contribution is 2.24. The van der Waals surface area contributed by atoms with Crippen molar-refractivity contribution in [2.75, 3.05) is 13.2 Å². The first kappa shape index (κ1) is 19.1. The molecular weight excluding hydrogens is 254 g/mol. The van der Waals surface area contributed by atoms with E-state index < -0.39 is 0 Å². The van der Waals surface area contributed by atoms with Gasteiger partial charge in [-0.2, -0.15) is 0 Å². The Bertz CT molecular complexity index is 335. The first-order valence-corrected chi connectivity index (χ1v) is 7.29. The predicted molar refractivity (Wildman–Crippen MR) is 81.5 cm³/mol. The summed E-state index contributed by atoms with van der Waals surface area (Å²) >= 11 is 0. The Balaban J connectivity index is 4.43. The van der Waals surface area contributed by atoms with E-state index in [-0.39, 0.29) is 41.1 Å². The smallest absolute Gasteiger partial charge is 0.246 e. The Labute approximate surface area is 123 Å². The van der Waals surface area contributed by atoms with Crippen LogP contribution in [0.25, 0.3) is 0 Å². The molecule has 0 rings (SSSR count). The maximum Gasteiger partial charge on any atom is 0.246 e. The van der Waals surface area contributed by atoms with Crippen molar-refractivity contribution in [1.82, 2.24) is 5.32 Å². The maximum atomic E-state index is 12.4. The monoisotopic (exact) mass is 285 g/mol. The van der Waals surface area contributed by atoms with Crippen LogP contribution < -0.4 is 5.32 Å². The summed E-state index contributed by atoms with van der Waals surface area (Å²) in [6, 6.07) is 0. The van der Waals surface area contributed by atoms with E-state index in [1.807, 2.05) is 55.4 Å². The molecule has 4 heteroatoms. The van der Waals surface area contributed by atoms with E-state index in [2.05, 4.69) is 5.32 Å². The van der Waals surface area contributed by atoms with E-state index in [0.717, 1.165) is 0 Å². The highest BCUT2D eigenvalue weighted by Gasteiger charge is 2.31. The molecular formula is C16H31NO3. The minimum Gasteiger partial charge on any atom is -0.366 e. The molecule has 118 valence electrons. The maximum absolute atomic E-state index is 12.4. The SMILES string of the molecule is CC(C)[C@@H](CNC(=O)COC(C)(C)C)C(=O)C(C)(C)C. The van der Waals surface area contributed by atoms with Gasteiger partial charge in [0.15, 0.2) is 0 Å². The van der Waals surface area contributed by atoms with Crippen LogP contribution in [0.1, 0.15) is 55.4 Å². The molecule has 4 nitrogen and oxygen atoms in total.